The van der Waals surface area contributed by atoms with E-state index in [0.717, 1.165) is 28.3 Å². The van der Waals surface area contributed by atoms with E-state index in [1.165, 1.54) is 7.11 Å². The predicted octanol–water partition coefficient (Wildman–Crippen LogP) is 4.28. The Bertz CT molecular complexity index is 922. The van der Waals surface area contributed by atoms with Crippen LogP contribution in [0.1, 0.15) is 31.0 Å². The Morgan fingerprint density at radius 3 is 2.50 bits per heavy atom. The van der Waals surface area contributed by atoms with Crippen molar-refractivity contribution in [1.29, 1.82) is 0 Å². The number of nitrogens with one attached hydrogen (secondary N) is 1. The lowest BCUT2D eigenvalue weighted by molar-refractivity contribution is -0.136. The number of methoxy groups -OCH3 is 1. The van der Waals surface area contributed by atoms with Crippen LogP contribution in [-0.4, -0.2) is 24.8 Å². The lowest BCUT2D eigenvalue weighted by Gasteiger charge is -2.37. The van der Waals surface area contributed by atoms with Crippen LogP contribution in [0.2, 0.25) is 0 Å². The Kier molecular flexibility index (Phi) is 5.99. The summed E-state index contributed by atoms with van der Waals surface area (Å²) in [6.07, 6.45) is 0. The number of thiocarbonyl (C=S) groups is 1. The summed E-state index contributed by atoms with van der Waals surface area (Å²) in [6.45, 7) is 6.45. The van der Waals surface area contributed by atoms with Gasteiger partial charge in [0, 0.05) is 11.4 Å². The van der Waals surface area contributed by atoms with Gasteiger partial charge in [0.05, 0.1) is 25.3 Å². The molecule has 146 valence electrons. The zero-order chi connectivity index (χ0) is 20.3. The molecule has 0 saturated heterocycles. The molecule has 3 rings (SSSR count). The summed E-state index contributed by atoms with van der Waals surface area (Å²) in [4.78, 5) is 14.5. The molecule has 0 amide bonds. The minimum atomic E-state index is -0.380. The van der Waals surface area contributed by atoms with Gasteiger partial charge in [0.1, 0.15) is 5.75 Å². The third-order valence-electron chi connectivity index (χ3n) is 4.67. The lowest BCUT2D eigenvalue weighted by Crippen LogP contribution is -2.48. The number of hydrogen-bond donors (Lipinski definition) is 1. The number of nitrogens with zero attached hydrogens (tertiary/aromatic N) is 1. The van der Waals surface area contributed by atoms with Crippen LogP contribution in [0.5, 0.6) is 5.75 Å². The number of esters is 1. The molecule has 1 aliphatic rings. The number of carbonyl (C=O) groups is 1. The van der Waals surface area contributed by atoms with Crippen molar-refractivity contribution in [2.45, 2.75) is 26.8 Å². The Labute approximate surface area is 170 Å². The highest BCUT2D eigenvalue weighted by molar-refractivity contribution is 7.80. The summed E-state index contributed by atoms with van der Waals surface area (Å²) in [6, 6.07) is 15.3. The topological polar surface area (TPSA) is 50.8 Å². The summed E-state index contributed by atoms with van der Waals surface area (Å²) in [5, 5.41) is 3.84. The molecule has 2 aromatic carbocycles. The smallest absolute Gasteiger partial charge is 0.337 e. The molecular weight excluding hydrogens is 372 g/mol. The van der Waals surface area contributed by atoms with Crippen molar-refractivity contribution in [3.05, 3.63) is 70.9 Å². The SMILES string of the molecule is CCOc1ccc(N2C(=S)N[C@H](c3cccc(C)c3)C(C(=O)OC)=C2C)cc1. The highest BCUT2D eigenvalue weighted by Gasteiger charge is 2.35. The zero-order valence-corrected chi connectivity index (χ0v) is 17.3. The molecular formula is C22H24N2O3S. The number of carbonyl (C=O) groups excluding carboxylic acids is 1. The molecule has 5 nitrogen and oxygen atoms in total. The first-order valence-corrected chi connectivity index (χ1v) is 9.56. The van der Waals surface area contributed by atoms with Gasteiger partial charge >= 0.3 is 5.97 Å². The van der Waals surface area contributed by atoms with Crippen LogP contribution in [0.4, 0.5) is 5.69 Å². The van der Waals surface area contributed by atoms with Gasteiger partial charge in [-0.15, -0.1) is 0 Å². The maximum absolute atomic E-state index is 12.7. The Morgan fingerprint density at radius 1 is 1.18 bits per heavy atom. The molecule has 1 aliphatic heterocycles. The monoisotopic (exact) mass is 396 g/mol. The minimum Gasteiger partial charge on any atom is -0.494 e. The van der Waals surface area contributed by atoms with Crippen molar-refractivity contribution in [3.8, 4) is 5.75 Å². The van der Waals surface area contributed by atoms with E-state index in [4.69, 9.17) is 21.7 Å². The average Bonchev–Trinajstić information content (AvgIpc) is 2.68. The minimum absolute atomic E-state index is 0.362. The molecule has 0 radical (unpaired) electrons. The molecule has 0 aromatic heterocycles. The first kappa shape index (κ1) is 19.9. The van der Waals surface area contributed by atoms with Crippen LogP contribution in [0.25, 0.3) is 0 Å². The van der Waals surface area contributed by atoms with Crippen molar-refractivity contribution < 1.29 is 14.3 Å². The number of benzene rings is 2. The highest BCUT2D eigenvalue weighted by Crippen LogP contribution is 2.34. The van der Waals surface area contributed by atoms with Crippen LogP contribution in [0.15, 0.2) is 59.8 Å². The van der Waals surface area contributed by atoms with Gasteiger partial charge in [0.2, 0.25) is 0 Å². The van der Waals surface area contributed by atoms with E-state index in [1.807, 2.05) is 74.2 Å². The second-order valence-corrected chi connectivity index (χ2v) is 6.94. The standard InChI is InChI=1S/C22H24N2O3S/c1-5-27-18-11-9-17(10-12-18)24-15(3)19(21(25)26-4)20(23-22(24)28)16-8-6-7-14(2)13-16/h6-13,20H,5H2,1-4H3,(H,23,28)/t20-/m1/s1. The van der Waals surface area contributed by atoms with Crippen molar-refractivity contribution in [2.75, 3.05) is 18.6 Å². The summed E-state index contributed by atoms with van der Waals surface area (Å²) in [7, 11) is 1.39. The van der Waals surface area contributed by atoms with E-state index in [1.54, 1.807) is 0 Å². The first-order chi connectivity index (χ1) is 13.5. The van der Waals surface area contributed by atoms with E-state index in [0.29, 0.717) is 17.3 Å². The second-order valence-electron chi connectivity index (χ2n) is 6.55. The van der Waals surface area contributed by atoms with E-state index < -0.39 is 0 Å². The molecule has 0 saturated carbocycles. The molecule has 0 spiro atoms. The number of ether oxygens (including phenoxy) is 2. The van der Waals surface area contributed by atoms with Crippen LogP contribution in [0, 0.1) is 6.92 Å². The molecule has 0 bridgehead atoms. The van der Waals surface area contributed by atoms with Gasteiger partial charge in [-0.1, -0.05) is 29.8 Å². The fraction of sp³-hybridized carbons (Fsp3) is 0.273. The van der Waals surface area contributed by atoms with Gasteiger partial charge < -0.3 is 14.8 Å². The van der Waals surface area contributed by atoms with Crippen molar-refractivity contribution in [1.82, 2.24) is 5.32 Å². The van der Waals surface area contributed by atoms with Gasteiger partial charge in [-0.25, -0.2) is 4.79 Å². The van der Waals surface area contributed by atoms with Crippen LogP contribution in [-0.2, 0) is 9.53 Å². The van der Waals surface area contributed by atoms with E-state index in [2.05, 4.69) is 5.32 Å². The summed E-state index contributed by atoms with van der Waals surface area (Å²) >= 11 is 5.65. The third kappa shape index (κ3) is 3.87. The normalized spacial score (nSPS) is 16.6. The number of anilines is 1. The lowest BCUT2D eigenvalue weighted by atomic mass is 9.94. The Hall–Kier alpha value is -2.86. The molecule has 2 aromatic rings. The van der Waals surface area contributed by atoms with Crippen LogP contribution < -0.4 is 15.0 Å². The van der Waals surface area contributed by atoms with E-state index >= 15 is 0 Å². The summed E-state index contributed by atoms with van der Waals surface area (Å²) in [5.41, 5.74) is 4.21. The Balaban J connectivity index is 2.07. The van der Waals surface area contributed by atoms with Gasteiger partial charge in [0.15, 0.2) is 5.11 Å². The van der Waals surface area contributed by atoms with Gasteiger partial charge in [0.25, 0.3) is 0 Å². The quantitative estimate of drug-likeness (QED) is 0.601. The number of allylic oxidation sites excluding steroid dienone is 1. The van der Waals surface area contributed by atoms with E-state index in [-0.39, 0.29) is 12.0 Å². The number of rotatable bonds is 5. The molecule has 0 unspecified atom stereocenters. The summed E-state index contributed by atoms with van der Waals surface area (Å²) in [5.74, 6) is 0.407. The van der Waals surface area contributed by atoms with Crippen LogP contribution in [0.3, 0.4) is 0 Å². The fourth-order valence-electron chi connectivity index (χ4n) is 3.39. The van der Waals surface area contributed by atoms with E-state index in [9.17, 15) is 4.79 Å². The zero-order valence-electron chi connectivity index (χ0n) is 16.5. The van der Waals surface area contributed by atoms with Crippen LogP contribution >= 0.6 is 12.2 Å². The largest absolute Gasteiger partial charge is 0.494 e. The molecule has 1 heterocycles. The highest BCUT2D eigenvalue weighted by atomic mass is 32.1. The molecule has 0 aliphatic carbocycles. The predicted molar refractivity (Wildman–Crippen MR) is 114 cm³/mol. The molecule has 1 atom stereocenters. The molecule has 1 N–H and O–H groups in total. The molecule has 28 heavy (non-hydrogen) atoms. The van der Waals surface area contributed by atoms with Crippen molar-refractivity contribution in [3.63, 3.8) is 0 Å². The van der Waals surface area contributed by atoms with Gasteiger partial charge in [-0.3, -0.25) is 4.90 Å². The number of aryl methyl sites for hydroxylation is 1. The summed E-state index contributed by atoms with van der Waals surface area (Å²) < 4.78 is 10.6. The average molecular weight is 397 g/mol. The third-order valence-corrected chi connectivity index (χ3v) is 4.97. The maximum atomic E-state index is 12.7. The second kappa shape index (κ2) is 8.44. The fourth-order valence-corrected chi connectivity index (χ4v) is 3.75. The van der Waals surface area contributed by atoms with Crippen molar-refractivity contribution >= 4 is 29.0 Å². The maximum Gasteiger partial charge on any atom is 0.337 e. The van der Waals surface area contributed by atoms with Gasteiger partial charge in [-0.2, -0.15) is 0 Å². The van der Waals surface area contributed by atoms with Crippen molar-refractivity contribution in [2.24, 2.45) is 0 Å². The Morgan fingerprint density at radius 2 is 1.89 bits per heavy atom. The number of hydrogen-bond acceptors (Lipinski definition) is 4. The molecule has 6 heteroatoms. The first-order valence-electron chi connectivity index (χ1n) is 9.15. The van der Waals surface area contributed by atoms with Gasteiger partial charge in [-0.05, 0) is 62.8 Å². The molecule has 0 fully saturated rings.